The summed E-state index contributed by atoms with van der Waals surface area (Å²) in [5.74, 6) is 0.0262. The molecule has 10 heteroatoms. The molecule has 2 aliphatic heterocycles. The van der Waals surface area contributed by atoms with E-state index in [1.165, 1.54) is 17.0 Å². The fourth-order valence-electron chi connectivity index (χ4n) is 3.73. The summed E-state index contributed by atoms with van der Waals surface area (Å²) in [5.41, 5.74) is -0.723. The highest BCUT2D eigenvalue weighted by atomic mass is 19.4. The smallest absolute Gasteiger partial charge is 0.338 e. The van der Waals surface area contributed by atoms with Crippen LogP contribution in [0.15, 0.2) is 24.3 Å². The third-order valence-corrected chi connectivity index (χ3v) is 5.55. The molecule has 1 aromatic carbocycles. The number of piperazine rings is 2. The summed E-state index contributed by atoms with van der Waals surface area (Å²) in [4.78, 5) is 30.8. The highest BCUT2D eigenvalue weighted by Gasteiger charge is 2.33. The van der Waals surface area contributed by atoms with E-state index in [4.69, 9.17) is 0 Å². The Kier molecular flexibility index (Phi) is 6.87. The third kappa shape index (κ3) is 5.42. The van der Waals surface area contributed by atoms with Crippen LogP contribution in [0.25, 0.3) is 0 Å². The lowest BCUT2D eigenvalue weighted by molar-refractivity contribution is -0.137. The summed E-state index contributed by atoms with van der Waals surface area (Å²) in [7, 11) is 0. The molecule has 0 bridgehead atoms. The number of carbonyl (C=O) groups excluding carboxylic acids is 2. The van der Waals surface area contributed by atoms with Crippen LogP contribution in [-0.2, 0) is 11.0 Å². The standard InChI is InChI=1S/C20H28F3N5O2/c1-14(2)28-7-6-24-17(13-28)18(29)26-8-10-27(11-9-26)19(30)25-16-5-3-4-15(12-16)20(21,22)23/h3-5,12,14,17,24H,6-11,13H2,1-2H3,(H,25,30). The van der Waals surface area contributed by atoms with E-state index in [1.54, 1.807) is 4.90 Å². The molecule has 2 aliphatic rings. The third-order valence-electron chi connectivity index (χ3n) is 5.55. The van der Waals surface area contributed by atoms with Crippen molar-refractivity contribution in [2.45, 2.75) is 32.1 Å². The first kappa shape index (κ1) is 22.4. The zero-order valence-corrected chi connectivity index (χ0v) is 17.2. The van der Waals surface area contributed by atoms with Crippen LogP contribution >= 0.6 is 0 Å². The van der Waals surface area contributed by atoms with E-state index in [-0.39, 0.29) is 17.6 Å². The van der Waals surface area contributed by atoms with E-state index in [1.807, 2.05) is 0 Å². The van der Waals surface area contributed by atoms with Gasteiger partial charge in [-0.25, -0.2) is 4.79 Å². The van der Waals surface area contributed by atoms with Crippen molar-refractivity contribution in [3.05, 3.63) is 29.8 Å². The number of nitrogens with zero attached hydrogens (tertiary/aromatic N) is 3. The number of benzene rings is 1. The molecule has 0 aromatic heterocycles. The molecule has 2 saturated heterocycles. The molecule has 7 nitrogen and oxygen atoms in total. The van der Waals surface area contributed by atoms with E-state index >= 15 is 0 Å². The van der Waals surface area contributed by atoms with Crippen molar-refractivity contribution >= 4 is 17.6 Å². The Morgan fingerprint density at radius 1 is 1.10 bits per heavy atom. The maximum absolute atomic E-state index is 12.8. The van der Waals surface area contributed by atoms with Gasteiger partial charge in [-0.1, -0.05) is 6.07 Å². The number of urea groups is 1. The zero-order valence-electron chi connectivity index (χ0n) is 17.2. The molecule has 30 heavy (non-hydrogen) atoms. The minimum atomic E-state index is -4.47. The van der Waals surface area contributed by atoms with Gasteiger partial charge in [0.2, 0.25) is 5.91 Å². The van der Waals surface area contributed by atoms with Gasteiger partial charge in [-0.3, -0.25) is 9.69 Å². The largest absolute Gasteiger partial charge is 0.416 e. The molecule has 2 heterocycles. The predicted molar refractivity (Wildman–Crippen MR) is 107 cm³/mol. The second-order valence-electron chi connectivity index (χ2n) is 7.92. The van der Waals surface area contributed by atoms with Crippen molar-refractivity contribution in [1.29, 1.82) is 0 Å². The molecular weight excluding hydrogens is 399 g/mol. The summed E-state index contributed by atoms with van der Waals surface area (Å²) in [6.45, 7) is 7.99. The second kappa shape index (κ2) is 9.22. The monoisotopic (exact) mass is 427 g/mol. The SMILES string of the molecule is CC(C)N1CCNC(C(=O)N2CCN(C(=O)Nc3cccc(C(F)(F)F)c3)CC2)C1. The van der Waals surface area contributed by atoms with Crippen LogP contribution in [0.2, 0.25) is 0 Å². The fourth-order valence-corrected chi connectivity index (χ4v) is 3.73. The van der Waals surface area contributed by atoms with Gasteiger partial charge in [0.25, 0.3) is 0 Å². The highest BCUT2D eigenvalue weighted by Crippen LogP contribution is 2.30. The van der Waals surface area contributed by atoms with E-state index in [9.17, 15) is 22.8 Å². The van der Waals surface area contributed by atoms with E-state index in [0.717, 1.165) is 25.2 Å². The Morgan fingerprint density at radius 2 is 1.77 bits per heavy atom. The van der Waals surface area contributed by atoms with Crippen molar-refractivity contribution in [3.63, 3.8) is 0 Å². The van der Waals surface area contributed by atoms with Gasteiger partial charge in [0.1, 0.15) is 0 Å². The molecule has 3 rings (SSSR count). The average Bonchev–Trinajstić information content (AvgIpc) is 2.73. The zero-order chi connectivity index (χ0) is 21.9. The van der Waals surface area contributed by atoms with Gasteiger partial charge in [0.15, 0.2) is 0 Å². The molecular formula is C20H28F3N5O2. The van der Waals surface area contributed by atoms with Gasteiger partial charge >= 0.3 is 12.2 Å². The minimum absolute atomic E-state index is 0.0262. The van der Waals surface area contributed by atoms with Gasteiger partial charge in [0, 0.05) is 57.5 Å². The normalized spacial score (nSPS) is 21.1. The Bertz CT molecular complexity index is 763. The Morgan fingerprint density at radius 3 is 2.40 bits per heavy atom. The summed E-state index contributed by atoms with van der Waals surface area (Å²) in [6, 6.07) is 4.19. The average molecular weight is 427 g/mol. The summed E-state index contributed by atoms with van der Waals surface area (Å²) in [6.07, 6.45) is -4.47. The van der Waals surface area contributed by atoms with Crippen LogP contribution in [0.4, 0.5) is 23.7 Å². The maximum atomic E-state index is 12.8. The first-order chi connectivity index (χ1) is 14.1. The van der Waals surface area contributed by atoms with Crippen LogP contribution in [0, 0.1) is 0 Å². The van der Waals surface area contributed by atoms with Crippen LogP contribution in [0.3, 0.4) is 0 Å². The Balaban J connectivity index is 1.51. The van der Waals surface area contributed by atoms with E-state index in [2.05, 4.69) is 29.4 Å². The van der Waals surface area contributed by atoms with Crippen molar-refractivity contribution < 1.29 is 22.8 Å². The number of carbonyl (C=O) groups is 2. The number of amides is 3. The molecule has 2 fully saturated rings. The quantitative estimate of drug-likeness (QED) is 0.775. The predicted octanol–water partition coefficient (Wildman–Crippen LogP) is 2.06. The lowest BCUT2D eigenvalue weighted by atomic mass is 10.1. The van der Waals surface area contributed by atoms with Crippen LogP contribution in [0.1, 0.15) is 19.4 Å². The van der Waals surface area contributed by atoms with Gasteiger partial charge in [-0.05, 0) is 32.0 Å². The molecule has 1 aromatic rings. The number of hydrogen-bond acceptors (Lipinski definition) is 4. The maximum Gasteiger partial charge on any atom is 0.416 e. The van der Waals surface area contributed by atoms with Crippen molar-refractivity contribution in [2.75, 3.05) is 51.1 Å². The van der Waals surface area contributed by atoms with Crippen molar-refractivity contribution in [1.82, 2.24) is 20.0 Å². The van der Waals surface area contributed by atoms with E-state index in [0.29, 0.717) is 38.8 Å². The lowest BCUT2D eigenvalue weighted by Crippen LogP contribution is -2.61. The van der Waals surface area contributed by atoms with Gasteiger partial charge in [-0.2, -0.15) is 13.2 Å². The van der Waals surface area contributed by atoms with Crippen LogP contribution < -0.4 is 10.6 Å². The van der Waals surface area contributed by atoms with E-state index < -0.39 is 17.8 Å². The number of nitrogens with one attached hydrogen (secondary N) is 2. The van der Waals surface area contributed by atoms with Gasteiger partial charge < -0.3 is 20.4 Å². The number of rotatable bonds is 3. The number of hydrogen-bond donors (Lipinski definition) is 2. The summed E-state index contributed by atoms with van der Waals surface area (Å²) >= 11 is 0. The number of alkyl halides is 3. The molecule has 0 aliphatic carbocycles. The van der Waals surface area contributed by atoms with Crippen molar-refractivity contribution in [2.24, 2.45) is 0 Å². The second-order valence-corrected chi connectivity index (χ2v) is 7.92. The molecule has 0 spiro atoms. The molecule has 0 radical (unpaired) electrons. The Hall–Kier alpha value is -2.33. The summed E-state index contributed by atoms with van der Waals surface area (Å²) in [5, 5.41) is 5.78. The Labute approximate surface area is 174 Å². The molecule has 2 N–H and O–H groups in total. The number of anilines is 1. The number of halogens is 3. The molecule has 0 saturated carbocycles. The van der Waals surface area contributed by atoms with Crippen LogP contribution in [0.5, 0.6) is 0 Å². The lowest BCUT2D eigenvalue weighted by Gasteiger charge is -2.40. The molecule has 1 unspecified atom stereocenters. The summed E-state index contributed by atoms with van der Waals surface area (Å²) < 4.78 is 38.5. The molecule has 3 amide bonds. The van der Waals surface area contributed by atoms with Crippen molar-refractivity contribution in [3.8, 4) is 0 Å². The first-order valence-electron chi connectivity index (χ1n) is 10.1. The first-order valence-corrected chi connectivity index (χ1v) is 10.1. The minimum Gasteiger partial charge on any atom is -0.338 e. The van der Waals surface area contributed by atoms with Gasteiger partial charge in [0.05, 0.1) is 11.6 Å². The molecule has 166 valence electrons. The van der Waals surface area contributed by atoms with Gasteiger partial charge in [-0.15, -0.1) is 0 Å². The fraction of sp³-hybridized carbons (Fsp3) is 0.600. The highest BCUT2D eigenvalue weighted by molar-refractivity contribution is 5.90. The van der Waals surface area contributed by atoms with Crippen LogP contribution in [-0.4, -0.2) is 84.5 Å². The topological polar surface area (TPSA) is 67.9 Å². The molecule has 1 atom stereocenters.